The van der Waals surface area contributed by atoms with Crippen molar-refractivity contribution in [3.63, 3.8) is 0 Å². The van der Waals surface area contributed by atoms with Crippen LogP contribution >= 0.6 is 11.6 Å². The lowest BCUT2D eigenvalue weighted by Crippen LogP contribution is -2.35. The number of aromatic hydroxyl groups is 1. The van der Waals surface area contributed by atoms with Crippen LogP contribution in [0, 0.1) is 0 Å². The molecule has 0 radical (unpaired) electrons. The van der Waals surface area contributed by atoms with Gasteiger partial charge in [0.2, 0.25) is 0 Å². The van der Waals surface area contributed by atoms with E-state index in [1.807, 2.05) is 6.92 Å². The van der Waals surface area contributed by atoms with Crippen molar-refractivity contribution in [3.8, 4) is 5.75 Å². The molecule has 0 saturated carbocycles. The van der Waals surface area contributed by atoms with Gasteiger partial charge in [-0.15, -0.1) is 0 Å². The molecule has 1 amide bonds. The molecule has 4 nitrogen and oxygen atoms in total. The van der Waals surface area contributed by atoms with Gasteiger partial charge in [-0.25, -0.2) is 0 Å². The number of nitrogens with one attached hydrogen (secondary N) is 1. The lowest BCUT2D eigenvalue weighted by atomic mass is 10.2. The van der Waals surface area contributed by atoms with Crippen molar-refractivity contribution in [2.75, 3.05) is 13.7 Å². The third-order valence-electron chi connectivity index (χ3n) is 2.00. The predicted molar refractivity (Wildman–Crippen MR) is 61.9 cm³/mol. The molecular weight excluding hydrogens is 230 g/mol. The zero-order chi connectivity index (χ0) is 12.1. The van der Waals surface area contributed by atoms with Crippen molar-refractivity contribution < 1.29 is 14.6 Å². The van der Waals surface area contributed by atoms with Gasteiger partial charge in [0.05, 0.1) is 12.2 Å². The summed E-state index contributed by atoms with van der Waals surface area (Å²) in [7, 11) is 1.56. The highest BCUT2D eigenvalue weighted by Crippen LogP contribution is 2.21. The van der Waals surface area contributed by atoms with E-state index in [1.54, 1.807) is 7.11 Å². The Kier molecular flexibility index (Phi) is 4.58. The molecule has 1 atom stereocenters. The molecule has 0 aliphatic rings. The van der Waals surface area contributed by atoms with Crippen LogP contribution in [0.1, 0.15) is 17.3 Å². The number of methoxy groups -OCH3 is 1. The summed E-state index contributed by atoms with van der Waals surface area (Å²) in [4.78, 5) is 11.7. The van der Waals surface area contributed by atoms with E-state index in [2.05, 4.69) is 5.32 Å². The molecule has 0 bridgehead atoms. The summed E-state index contributed by atoms with van der Waals surface area (Å²) in [5, 5.41) is 12.6. The van der Waals surface area contributed by atoms with E-state index >= 15 is 0 Å². The molecule has 0 fully saturated rings. The lowest BCUT2D eigenvalue weighted by Gasteiger charge is -2.13. The summed E-state index contributed by atoms with van der Waals surface area (Å²) in [6.45, 7) is 2.22. The van der Waals surface area contributed by atoms with Crippen molar-refractivity contribution in [2.45, 2.75) is 13.0 Å². The van der Waals surface area contributed by atoms with Crippen molar-refractivity contribution in [3.05, 3.63) is 28.8 Å². The number of hydrogen-bond donors (Lipinski definition) is 2. The van der Waals surface area contributed by atoms with Crippen molar-refractivity contribution in [2.24, 2.45) is 0 Å². The van der Waals surface area contributed by atoms with Gasteiger partial charge in [0.25, 0.3) is 5.91 Å². The normalized spacial score (nSPS) is 12.2. The Morgan fingerprint density at radius 1 is 1.62 bits per heavy atom. The number of benzene rings is 1. The third kappa shape index (κ3) is 3.40. The Balaban J connectivity index is 2.76. The first-order valence-corrected chi connectivity index (χ1v) is 5.20. The Morgan fingerprint density at radius 2 is 2.31 bits per heavy atom. The van der Waals surface area contributed by atoms with E-state index in [-0.39, 0.29) is 23.3 Å². The number of hydrogen-bond acceptors (Lipinski definition) is 3. The lowest BCUT2D eigenvalue weighted by molar-refractivity contribution is 0.0903. The average molecular weight is 244 g/mol. The summed E-state index contributed by atoms with van der Waals surface area (Å²) in [6.07, 6.45) is 0. The fourth-order valence-corrected chi connectivity index (χ4v) is 1.46. The molecule has 0 spiro atoms. The minimum absolute atomic E-state index is 0.0912. The van der Waals surface area contributed by atoms with Gasteiger partial charge in [-0.05, 0) is 25.1 Å². The van der Waals surface area contributed by atoms with E-state index in [4.69, 9.17) is 16.3 Å². The number of phenols is 1. The van der Waals surface area contributed by atoms with Crippen LogP contribution in [0.3, 0.4) is 0 Å². The standard InChI is InChI=1S/C11H14ClNO3/c1-7(6-16-2)13-11(15)9-5-8(12)3-4-10(9)14/h3-5,7,14H,6H2,1-2H3,(H,13,15)/t7-/m1/s1. The molecule has 0 heterocycles. The van der Waals surface area contributed by atoms with Gasteiger partial charge in [-0.2, -0.15) is 0 Å². The summed E-state index contributed by atoms with van der Waals surface area (Å²) in [6, 6.07) is 4.20. The van der Waals surface area contributed by atoms with E-state index in [1.165, 1.54) is 18.2 Å². The van der Waals surface area contributed by atoms with Crippen LogP contribution in [0.2, 0.25) is 5.02 Å². The van der Waals surface area contributed by atoms with Gasteiger partial charge < -0.3 is 15.2 Å². The second-order valence-electron chi connectivity index (χ2n) is 3.49. The van der Waals surface area contributed by atoms with E-state index in [9.17, 15) is 9.90 Å². The average Bonchev–Trinajstić information content (AvgIpc) is 2.21. The highest BCUT2D eigenvalue weighted by Gasteiger charge is 2.13. The molecule has 88 valence electrons. The maximum Gasteiger partial charge on any atom is 0.255 e. The molecule has 2 N–H and O–H groups in total. The first kappa shape index (κ1) is 12.8. The predicted octanol–water partition coefficient (Wildman–Crippen LogP) is 1.81. The van der Waals surface area contributed by atoms with E-state index in [0.29, 0.717) is 11.6 Å². The van der Waals surface area contributed by atoms with Gasteiger partial charge in [0.15, 0.2) is 0 Å². The van der Waals surface area contributed by atoms with Crippen LogP contribution in [0.25, 0.3) is 0 Å². The number of carbonyl (C=O) groups is 1. The quantitative estimate of drug-likeness (QED) is 0.848. The molecule has 0 unspecified atom stereocenters. The number of phenolic OH excluding ortho intramolecular Hbond substituents is 1. The zero-order valence-corrected chi connectivity index (χ0v) is 9.91. The SMILES string of the molecule is COC[C@@H](C)NC(=O)c1cc(Cl)ccc1O. The molecule has 0 saturated heterocycles. The largest absolute Gasteiger partial charge is 0.507 e. The molecule has 1 rings (SSSR count). The smallest absolute Gasteiger partial charge is 0.255 e. The molecular formula is C11H14ClNO3. The van der Waals surface area contributed by atoms with Gasteiger partial charge in [0, 0.05) is 18.2 Å². The van der Waals surface area contributed by atoms with Crippen LogP contribution in [0.4, 0.5) is 0 Å². The monoisotopic (exact) mass is 243 g/mol. The summed E-state index contributed by atoms with van der Waals surface area (Å²) in [5.41, 5.74) is 0.162. The Bertz CT molecular complexity index is 381. The van der Waals surface area contributed by atoms with Crippen molar-refractivity contribution >= 4 is 17.5 Å². The zero-order valence-electron chi connectivity index (χ0n) is 9.16. The highest BCUT2D eigenvalue weighted by atomic mass is 35.5. The van der Waals surface area contributed by atoms with Crippen LogP contribution in [-0.2, 0) is 4.74 Å². The number of ether oxygens (including phenoxy) is 1. The Hall–Kier alpha value is -1.26. The van der Waals surface area contributed by atoms with Gasteiger partial charge in [0.1, 0.15) is 5.75 Å². The summed E-state index contributed by atoms with van der Waals surface area (Å²) < 4.78 is 4.89. The fourth-order valence-electron chi connectivity index (χ4n) is 1.28. The van der Waals surface area contributed by atoms with Gasteiger partial charge in [-0.1, -0.05) is 11.6 Å². The van der Waals surface area contributed by atoms with E-state index < -0.39 is 0 Å². The Morgan fingerprint density at radius 3 is 2.94 bits per heavy atom. The van der Waals surface area contributed by atoms with Crippen LogP contribution < -0.4 is 5.32 Å². The second kappa shape index (κ2) is 5.72. The van der Waals surface area contributed by atoms with Crippen LogP contribution in [0.5, 0.6) is 5.75 Å². The topological polar surface area (TPSA) is 58.6 Å². The summed E-state index contributed by atoms with van der Waals surface area (Å²) in [5.74, 6) is -0.462. The Labute approximate surface area is 99.2 Å². The van der Waals surface area contributed by atoms with Crippen molar-refractivity contribution in [1.29, 1.82) is 0 Å². The molecule has 5 heteroatoms. The number of rotatable bonds is 4. The molecule has 1 aromatic carbocycles. The minimum atomic E-state index is -0.371. The molecule has 1 aromatic rings. The number of carbonyl (C=O) groups excluding carboxylic acids is 1. The van der Waals surface area contributed by atoms with Gasteiger partial charge >= 0.3 is 0 Å². The maximum atomic E-state index is 11.7. The molecule has 0 aromatic heterocycles. The van der Waals surface area contributed by atoms with Crippen LogP contribution in [0.15, 0.2) is 18.2 Å². The highest BCUT2D eigenvalue weighted by molar-refractivity contribution is 6.31. The van der Waals surface area contributed by atoms with Crippen LogP contribution in [-0.4, -0.2) is 30.8 Å². The fraction of sp³-hybridized carbons (Fsp3) is 0.364. The van der Waals surface area contributed by atoms with Crippen molar-refractivity contribution in [1.82, 2.24) is 5.32 Å². The first-order valence-electron chi connectivity index (χ1n) is 4.83. The maximum absolute atomic E-state index is 11.7. The summed E-state index contributed by atoms with van der Waals surface area (Å²) >= 11 is 5.74. The first-order chi connectivity index (χ1) is 7.54. The number of amides is 1. The third-order valence-corrected chi connectivity index (χ3v) is 2.23. The number of halogens is 1. The molecule has 0 aliphatic carbocycles. The van der Waals surface area contributed by atoms with E-state index in [0.717, 1.165) is 0 Å². The minimum Gasteiger partial charge on any atom is -0.507 e. The second-order valence-corrected chi connectivity index (χ2v) is 3.93. The van der Waals surface area contributed by atoms with Gasteiger partial charge in [-0.3, -0.25) is 4.79 Å². The molecule has 16 heavy (non-hydrogen) atoms. The molecule has 0 aliphatic heterocycles.